The van der Waals surface area contributed by atoms with Gasteiger partial charge < -0.3 is 9.64 Å². The molecule has 0 N–H and O–H groups in total. The van der Waals surface area contributed by atoms with Gasteiger partial charge in [-0.3, -0.25) is 9.59 Å². The van der Waals surface area contributed by atoms with Crippen molar-refractivity contribution in [2.45, 2.75) is 13.3 Å². The Bertz CT molecular complexity index is 887. The quantitative estimate of drug-likeness (QED) is 0.704. The fraction of sp³-hybridized carbons (Fsp3) is 0.238. The van der Waals surface area contributed by atoms with Gasteiger partial charge in [-0.2, -0.15) is 0 Å². The van der Waals surface area contributed by atoms with Crippen molar-refractivity contribution in [3.05, 3.63) is 59.1 Å². The van der Waals surface area contributed by atoms with E-state index in [-0.39, 0.29) is 10.6 Å². The fourth-order valence-corrected chi connectivity index (χ4v) is 3.10. The number of anilines is 2. The summed E-state index contributed by atoms with van der Waals surface area (Å²) in [5, 5.41) is -0.0705. The minimum atomic E-state index is -0.513. The number of ether oxygens (including phenoxy) is 1. The number of benzene rings is 2. The third-order valence-corrected chi connectivity index (χ3v) is 4.62. The molecule has 0 radical (unpaired) electrons. The van der Waals surface area contributed by atoms with Gasteiger partial charge in [-0.15, -0.1) is 0 Å². The first-order chi connectivity index (χ1) is 12.9. The largest absolute Gasteiger partial charge is 0.494 e. The summed E-state index contributed by atoms with van der Waals surface area (Å²) in [6, 6.07) is 14.2. The molecule has 0 atom stereocenters. The van der Waals surface area contributed by atoms with E-state index in [1.165, 1.54) is 0 Å². The van der Waals surface area contributed by atoms with Crippen molar-refractivity contribution in [3.63, 3.8) is 0 Å². The molecule has 2 amide bonds. The standard InChI is InChI=1S/C21H21ClN2O3/c1-4-13-27-17-11-5-14(6-12-17)18-19(22)21(26)24(20(18)25)16-9-7-15(8-10-16)23(2)3/h5-12H,4,13H2,1-3H3. The van der Waals surface area contributed by atoms with E-state index in [2.05, 4.69) is 0 Å². The first-order valence-corrected chi connectivity index (χ1v) is 9.11. The van der Waals surface area contributed by atoms with Crippen LogP contribution >= 0.6 is 11.6 Å². The summed E-state index contributed by atoms with van der Waals surface area (Å²) in [4.78, 5) is 28.6. The molecule has 5 nitrogen and oxygen atoms in total. The zero-order valence-electron chi connectivity index (χ0n) is 15.5. The number of hydrogen-bond acceptors (Lipinski definition) is 4. The number of amides is 2. The van der Waals surface area contributed by atoms with Crippen LogP contribution in [-0.2, 0) is 9.59 Å². The minimum Gasteiger partial charge on any atom is -0.494 e. The van der Waals surface area contributed by atoms with Crippen LogP contribution in [0.1, 0.15) is 18.9 Å². The number of halogens is 1. The van der Waals surface area contributed by atoms with E-state index < -0.39 is 11.8 Å². The number of carbonyl (C=O) groups is 2. The summed E-state index contributed by atoms with van der Waals surface area (Å²) < 4.78 is 5.55. The maximum absolute atomic E-state index is 12.9. The molecule has 27 heavy (non-hydrogen) atoms. The van der Waals surface area contributed by atoms with E-state index in [9.17, 15) is 9.59 Å². The van der Waals surface area contributed by atoms with Crippen molar-refractivity contribution in [2.24, 2.45) is 0 Å². The van der Waals surface area contributed by atoms with Crippen LogP contribution < -0.4 is 14.5 Å². The number of rotatable bonds is 6. The summed E-state index contributed by atoms with van der Waals surface area (Å²) in [6.45, 7) is 2.65. The Kier molecular flexibility index (Phi) is 5.51. The lowest BCUT2D eigenvalue weighted by atomic mass is 10.1. The Balaban J connectivity index is 1.87. The average molecular weight is 385 g/mol. The lowest BCUT2D eigenvalue weighted by molar-refractivity contribution is -0.119. The van der Waals surface area contributed by atoms with Crippen LogP contribution in [0.15, 0.2) is 53.6 Å². The molecule has 0 spiro atoms. The average Bonchev–Trinajstić information content (AvgIpc) is 2.89. The lowest BCUT2D eigenvalue weighted by Gasteiger charge is -2.17. The normalized spacial score (nSPS) is 14.1. The molecule has 1 aliphatic rings. The van der Waals surface area contributed by atoms with Gasteiger partial charge in [0.05, 0.1) is 17.9 Å². The lowest BCUT2D eigenvalue weighted by Crippen LogP contribution is -2.31. The minimum absolute atomic E-state index is 0.0705. The third kappa shape index (κ3) is 3.69. The summed E-state index contributed by atoms with van der Waals surface area (Å²) in [7, 11) is 3.84. The van der Waals surface area contributed by atoms with Gasteiger partial charge in [0.1, 0.15) is 10.8 Å². The van der Waals surface area contributed by atoms with Crippen molar-refractivity contribution in [1.29, 1.82) is 0 Å². The Morgan fingerprint density at radius 2 is 1.59 bits per heavy atom. The molecular formula is C21H21ClN2O3. The zero-order valence-corrected chi connectivity index (χ0v) is 16.3. The molecule has 0 aliphatic carbocycles. The summed E-state index contributed by atoms with van der Waals surface area (Å²) >= 11 is 6.24. The van der Waals surface area contributed by atoms with Gasteiger partial charge in [-0.05, 0) is 48.4 Å². The molecule has 2 aromatic rings. The summed E-state index contributed by atoms with van der Waals surface area (Å²) in [5.41, 5.74) is 2.27. The molecule has 0 saturated heterocycles. The molecule has 1 aliphatic heterocycles. The van der Waals surface area contributed by atoms with Gasteiger partial charge in [0.2, 0.25) is 0 Å². The zero-order chi connectivity index (χ0) is 19.6. The first-order valence-electron chi connectivity index (χ1n) is 8.73. The van der Waals surface area contributed by atoms with Crippen LogP contribution in [0, 0.1) is 0 Å². The topological polar surface area (TPSA) is 49.9 Å². The molecule has 2 aromatic carbocycles. The predicted molar refractivity (Wildman–Crippen MR) is 108 cm³/mol. The molecule has 0 unspecified atom stereocenters. The Hall–Kier alpha value is -2.79. The van der Waals surface area contributed by atoms with E-state index in [0.29, 0.717) is 23.6 Å². The highest BCUT2D eigenvalue weighted by atomic mass is 35.5. The molecule has 3 rings (SSSR count). The predicted octanol–water partition coefficient (Wildman–Crippen LogP) is 4.06. The molecule has 0 bridgehead atoms. The van der Waals surface area contributed by atoms with Gasteiger partial charge in [0, 0.05) is 19.8 Å². The van der Waals surface area contributed by atoms with E-state index in [4.69, 9.17) is 16.3 Å². The van der Waals surface area contributed by atoms with Gasteiger partial charge in [0.25, 0.3) is 11.8 Å². The van der Waals surface area contributed by atoms with E-state index in [1.807, 2.05) is 38.1 Å². The van der Waals surface area contributed by atoms with Crippen LogP contribution in [0.25, 0.3) is 5.57 Å². The SMILES string of the molecule is CCCOc1ccc(C2=C(Cl)C(=O)N(c3ccc(N(C)C)cc3)C2=O)cc1. The van der Waals surface area contributed by atoms with Gasteiger partial charge >= 0.3 is 0 Å². The summed E-state index contributed by atoms with van der Waals surface area (Å²) in [5.74, 6) is -0.226. The van der Waals surface area contributed by atoms with Gasteiger partial charge in [-0.1, -0.05) is 30.7 Å². The maximum atomic E-state index is 12.9. The first kappa shape index (κ1) is 19.0. The number of nitrogens with zero attached hydrogens (tertiary/aromatic N) is 2. The van der Waals surface area contributed by atoms with Crippen molar-refractivity contribution >= 4 is 40.4 Å². The Morgan fingerprint density at radius 3 is 2.15 bits per heavy atom. The Labute approximate surface area is 163 Å². The van der Waals surface area contributed by atoms with E-state index in [0.717, 1.165) is 17.0 Å². The monoisotopic (exact) mass is 384 g/mol. The van der Waals surface area contributed by atoms with Crippen molar-refractivity contribution < 1.29 is 14.3 Å². The smallest absolute Gasteiger partial charge is 0.277 e. The molecule has 140 valence electrons. The third-order valence-electron chi connectivity index (χ3n) is 4.27. The second kappa shape index (κ2) is 7.84. The second-order valence-corrected chi connectivity index (χ2v) is 6.80. The van der Waals surface area contributed by atoms with Gasteiger partial charge in [-0.25, -0.2) is 4.90 Å². The van der Waals surface area contributed by atoms with Crippen LogP contribution in [0.2, 0.25) is 0 Å². The molecule has 0 fully saturated rings. The molecule has 0 aromatic heterocycles. The highest BCUT2D eigenvalue weighted by Gasteiger charge is 2.39. The van der Waals surface area contributed by atoms with Crippen LogP contribution in [-0.4, -0.2) is 32.5 Å². The fourth-order valence-electron chi connectivity index (χ4n) is 2.83. The van der Waals surface area contributed by atoms with Crippen molar-refractivity contribution in [3.8, 4) is 5.75 Å². The highest BCUT2D eigenvalue weighted by Crippen LogP contribution is 2.35. The van der Waals surface area contributed by atoms with Crippen LogP contribution in [0.4, 0.5) is 11.4 Å². The maximum Gasteiger partial charge on any atom is 0.277 e. The van der Waals surface area contributed by atoms with E-state index in [1.54, 1.807) is 36.4 Å². The second-order valence-electron chi connectivity index (χ2n) is 6.42. The number of hydrogen-bond donors (Lipinski definition) is 0. The van der Waals surface area contributed by atoms with Crippen molar-refractivity contribution in [2.75, 3.05) is 30.5 Å². The van der Waals surface area contributed by atoms with E-state index >= 15 is 0 Å². The molecule has 1 heterocycles. The Morgan fingerprint density at radius 1 is 0.963 bits per heavy atom. The number of imide groups is 1. The van der Waals surface area contributed by atoms with Gasteiger partial charge in [0.15, 0.2) is 0 Å². The number of carbonyl (C=O) groups excluding carboxylic acids is 2. The summed E-state index contributed by atoms with van der Waals surface area (Å²) in [6.07, 6.45) is 0.910. The van der Waals surface area contributed by atoms with Crippen LogP contribution in [0.5, 0.6) is 5.75 Å². The van der Waals surface area contributed by atoms with Crippen molar-refractivity contribution in [1.82, 2.24) is 0 Å². The molecule has 6 heteroatoms. The highest BCUT2D eigenvalue weighted by molar-refractivity contribution is 6.60. The molecule has 0 saturated carbocycles. The van der Waals surface area contributed by atoms with Crippen LogP contribution in [0.3, 0.4) is 0 Å². The molecular weight excluding hydrogens is 364 g/mol.